The van der Waals surface area contributed by atoms with Crippen LogP contribution in [0.1, 0.15) is 136 Å². The van der Waals surface area contributed by atoms with Gasteiger partial charge in [-0.25, -0.2) is 0 Å². The second kappa shape index (κ2) is 15.0. The van der Waals surface area contributed by atoms with Crippen molar-refractivity contribution in [2.45, 2.75) is 142 Å². The molecule has 0 amide bonds. The fourth-order valence-electron chi connectivity index (χ4n) is 9.75. The van der Waals surface area contributed by atoms with Crippen molar-refractivity contribution in [3.8, 4) is 0 Å². The van der Waals surface area contributed by atoms with Crippen LogP contribution >= 0.6 is 0 Å². The maximum absolute atomic E-state index is 5.34. The topological polar surface area (TPSA) is 62.1 Å². The van der Waals surface area contributed by atoms with E-state index in [-0.39, 0.29) is 0 Å². The van der Waals surface area contributed by atoms with Gasteiger partial charge in [0.2, 0.25) is 0 Å². The third-order valence-electron chi connectivity index (χ3n) is 12.1. The van der Waals surface area contributed by atoms with Crippen LogP contribution in [-0.4, -0.2) is 32.2 Å². The lowest BCUT2D eigenvalue weighted by atomic mass is 9.46. The van der Waals surface area contributed by atoms with Crippen LogP contribution in [-0.2, 0) is 0 Å². The molecule has 7 unspecified atom stereocenters. The minimum absolute atomic E-state index is 0.486. The van der Waals surface area contributed by atoms with Crippen molar-refractivity contribution in [2.75, 3.05) is 26.2 Å². The number of nitrogens with one attached hydrogen (secondary N) is 3. The first kappa shape index (κ1) is 30.5. The molecule has 4 aliphatic carbocycles. The van der Waals surface area contributed by atoms with Gasteiger partial charge in [-0.1, -0.05) is 70.9 Å². The van der Waals surface area contributed by atoms with Crippen molar-refractivity contribution in [3.05, 3.63) is 11.6 Å². The minimum atomic E-state index is 0.486. The Labute approximate surface area is 236 Å². The van der Waals surface area contributed by atoms with Crippen molar-refractivity contribution < 1.29 is 0 Å². The Morgan fingerprint density at radius 3 is 2.42 bits per heavy atom. The van der Waals surface area contributed by atoms with E-state index in [2.05, 4.69) is 42.9 Å². The Hall–Kier alpha value is -0.420. The first-order chi connectivity index (χ1) is 18.5. The Bertz CT molecular complexity index is 721. The SMILES string of the molecule is CCCCCCCCC1CCC2C3CCC4=CC(NCCCNCCCCNN)CCC4(C)C3CCC12C. The molecule has 0 aromatic heterocycles. The standard InChI is InChI=1S/C34H64N4/c1-4-5-6-7-8-9-13-27-15-17-31-30-16-14-28-26-29(37-24-12-23-36-22-10-11-25-38-35)18-20-34(28,3)32(30)19-21-33(27,31)2/h26-27,29-32,36-38H,4-25,35H2,1-3H3. The van der Waals surface area contributed by atoms with Gasteiger partial charge in [-0.15, -0.1) is 0 Å². The summed E-state index contributed by atoms with van der Waals surface area (Å²) in [5.41, 5.74) is 5.70. The molecule has 38 heavy (non-hydrogen) atoms. The van der Waals surface area contributed by atoms with Gasteiger partial charge in [-0.05, 0) is 131 Å². The van der Waals surface area contributed by atoms with Gasteiger partial charge in [-0.2, -0.15) is 0 Å². The summed E-state index contributed by atoms with van der Waals surface area (Å²) in [5.74, 6) is 9.32. The first-order valence-corrected chi connectivity index (χ1v) is 17.1. The third-order valence-corrected chi connectivity index (χ3v) is 12.1. The summed E-state index contributed by atoms with van der Waals surface area (Å²) in [6.07, 6.45) is 28.2. The third kappa shape index (κ3) is 7.25. The predicted octanol–water partition coefficient (Wildman–Crippen LogP) is 7.50. The smallest absolute Gasteiger partial charge is 0.0253 e. The zero-order chi connectivity index (χ0) is 26.8. The highest BCUT2D eigenvalue weighted by Crippen LogP contribution is 2.67. The first-order valence-electron chi connectivity index (χ1n) is 17.1. The van der Waals surface area contributed by atoms with Crippen LogP contribution in [0.5, 0.6) is 0 Å². The second-order valence-corrected chi connectivity index (χ2v) is 14.3. The average molecular weight is 529 g/mol. The van der Waals surface area contributed by atoms with Crippen molar-refractivity contribution in [1.82, 2.24) is 16.1 Å². The number of fused-ring (bicyclic) bond motifs is 5. The van der Waals surface area contributed by atoms with E-state index in [9.17, 15) is 0 Å². The van der Waals surface area contributed by atoms with Crippen LogP contribution in [0.2, 0.25) is 0 Å². The molecule has 7 atom stereocenters. The Kier molecular flexibility index (Phi) is 12.0. The summed E-state index contributed by atoms with van der Waals surface area (Å²) in [4.78, 5) is 0. The van der Waals surface area contributed by atoms with E-state index >= 15 is 0 Å². The quantitative estimate of drug-likeness (QED) is 0.0683. The average Bonchev–Trinajstić information content (AvgIpc) is 3.26. The van der Waals surface area contributed by atoms with E-state index < -0.39 is 0 Å². The lowest BCUT2D eigenvalue weighted by Gasteiger charge is -2.58. The van der Waals surface area contributed by atoms with Gasteiger partial charge < -0.3 is 10.6 Å². The van der Waals surface area contributed by atoms with Gasteiger partial charge in [0.1, 0.15) is 0 Å². The van der Waals surface area contributed by atoms with Gasteiger partial charge in [0, 0.05) is 12.6 Å². The van der Waals surface area contributed by atoms with Crippen molar-refractivity contribution in [2.24, 2.45) is 40.3 Å². The molecule has 0 aliphatic heterocycles. The van der Waals surface area contributed by atoms with Gasteiger partial charge in [0.25, 0.3) is 0 Å². The summed E-state index contributed by atoms with van der Waals surface area (Å²) >= 11 is 0. The molecule has 0 heterocycles. The minimum Gasteiger partial charge on any atom is -0.317 e. The molecule has 4 rings (SSSR count). The molecule has 3 saturated carbocycles. The van der Waals surface area contributed by atoms with Crippen LogP contribution in [0, 0.1) is 34.5 Å². The van der Waals surface area contributed by atoms with Crippen molar-refractivity contribution in [1.29, 1.82) is 0 Å². The van der Waals surface area contributed by atoms with Crippen molar-refractivity contribution >= 4 is 0 Å². The van der Waals surface area contributed by atoms with Crippen LogP contribution < -0.4 is 21.9 Å². The maximum Gasteiger partial charge on any atom is 0.0253 e. The molecular formula is C34H64N4. The zero-order valence-electron chi connectivity index (χ0n) is 25.6. The molecule has 0 aromatic rings. The summed E-state index contributed by atoms with van der Waals surface area (Å²) in [6, 6.07) is 0.604. The van der Waals surface area contributed by atoms with E-state index in [1.165, 1.54) is 109 Å². The zero-order valence-corrected chi connectivity index (χ0v) is 25.6. The molecule has 4 heteroatoms. The number of hydrazine groups is 1. The number of hydrogen-bond donors (Lipinski definition) is 4. The van der Waals surface area contributed by atoms with Crippen LogP contribution in [0.4, 0.5) is 0 Å². The number of hydrogen-bond acceptors (Lipinski definition) is 4. The summed E-state index contributed by atoms with van der Waals surface area (Å²) in [6.45, 7) is 12.0. The van der Waals surface area contributed by atoms with Crippen molar-refractivity contribution in [3.63, 3.8) is 0 Å². The van der Waals surface area contributed by atoms with Gasteiger partial charge in [0.05, 0.1) is 0 Å². The molecule has 0 radical (unpaired) electrons. The summed E-state index contributed by atoms with van der Waals surface area (Å²) < 4.78 is 0. The van der Waals surface area contributed by atoms with Crippen LogP contribution in [0.25, 0.3) is 0 Å². The van der Waals surface area contributed by atoms with E-state index in [1.807, 2.05) is 5.57 Å². The van der Waals surface area contributed by atoms with E-state index in [4.69, 9.17) is 5.84 Å². The van der Waals surface area contributed by atoms with Gasteiger partial charge in [-0.3, -0.25) is 11.3 Å². The summed E-state index contributed by atoms with van der Waals surface area (Å²) in [7, 11) is 0. The number of nitrogens with two attached hydrogens (primary N) is 1. The molecule has 4 nitrogen and oxygen atoms in total. The molecule has 220 valence electrons. The Morgan fingerprint density at radius 1 is 0.789 bits per heavy atom. The molecule has 0 spiro atoms. The van der Waals surface area contributed by atoms with E-state index in [0.717, 1.165) is 56.3 Å². The monoisotopic (exact) mass is 529 g/mol. The molecule has 4 aliphatic rings. The number of allylic oxidation sites excluding steroid dienone is 1. The Balaban J connectivity index is 1.22. The number of unbranched alkanes of at least 4 members (excludes halogenated alkanes) is 6. The second-order valence-electron chi connectivity index (χ2n) is 14.3. The maximum atomic E-state index is 5.34. The fourth-order valence-corrected chi connectivity index (χ4v) is 9.75. The van der Waals surface area contributed by atoms with Gasteiger partial charge in [0.15, 0.2) is 0 Å². The molecule has 0 saturated heterocycles. The molecule has 0 aromatic carbocycles. The van der Waals surface area contributed by atoms with E-state index in [0.29, 0.717) is 16.9 Å². The highest BCUT2D eigenvalue weighted by molar-refractivity contribution is 5.26. The fraction of sp³-hybridized carbons (Fsp3) is 0.941. The van der Waals surface area contributed by atoms with Crippen LogP contribution in [0.15, 0.2) is 11.6 Å². The lowest BCUT2D eigenvalue weighted by Crippen LogP contribution is -2.51. The Morgan fingerprint density at radius 2 is 1.58 bits per heavy atom. The lowest BCUT2D eigenvalue weighted by molar-refractivity contribution is -0.0532. The van der Waals surface area contributed by atoms with E-state index in [1.54, 1.807) is 0 Å². The molecule has 0 bridgehead atoms. The van der Waals surface area contributed by atoms with Crippen LogP contribution in [0.3, 0.4) is 0 Å². The normalized spacial score (nSPS) is 36.4. The highest BCUT2D eigenvalue weighted by atomic mass is 15.2. The van der Waals surface area contributed by atoms with Gasteiger partial charge >= 0.3 is 0 Å². The largest absolute Gasteiger partial charge is 0.317 e. The number of rotatable bonds is 17. The molecule has 3 fully saturated rings. The summed E-state index contributed by atoms with van der Waals surface area (Å²) in [5, 5.41) is 7.48. The predicted molar refractivity (Wildman–Crippen MR) is 164 cm³/mol. The molecule has 5 N–H and O–H groups in total. The molecular weight excluding hydrogens is 464 g/mol. The highest BCUT2D eigenvalue weighted by Gasteiger charge is 2.58.